The minimum Gasteiger partial charge on any atom is -0.496 e. The van der Waals surface area contributed by atoms with Gasteiger partial charge in [-0.15, -0.1) is 0 Å². The lowest BCUT2D eigenvalue weighted by atomic mass is 10.0. The molecule has 0 fully saturated rings. The van der Waals surface area contributed by atoms with E-state index in [-0.39, 0.29) is 0 Å². The molecule has 1 aromatic rings. The summed E-state index contributed by atoms with van der Waals surface area (Å²) in [5.41, 5.74) is -0.0341. The van der Waals surface area contributed by atoms with Crippen molar-refractivity contribution in [3.8, 4) is 5.75 Å². The molecule has 1 amide bonds. The molecule has 1 rings (SSSR count). The Balaban J connectivity index is 2.95. The van der Waals surface area contributed by atoms with Crippen molar-refractivity contribution in [1.82, 2.24) is 5.32 Å². The van der Waals surface area contributed by atoms with Gasteiger partial charge in [0.2, 0.25) is 0 Å². The average Bonchev–Trinajstić information content (AvgIpc) is 2.28. The van der Waals surface area contributed by atoms with E-state index in [1.807, 2.05) is 6.92 Å². The number of benzene rings is 1. The molecule has 0 atom stereocenters. The maximum atomic E-state index is 11.9. The number of nitrogens with one attached hydrogen (secondary N) is 1. The van der Waals surface area contributed by atoms with Gasteiger partial charge in [0.25, 0.3) is 5.91 Å². The van der Waals surface area contributed by atoms with Gasteiger partial charge < -0.3 is 15.2 Å². The SMILES string of the molecule is COc1cc(C(=O)NC(C)(C)C(=O)O)ccc1C. The van der Waals surface area contributed by atoms with E-state index < -0.39 is 17.4 Å². The van der Waals surface area contributed by atoms with Crippen LogP contribution in [-0.2, 0) is 4.79 Å². The molecule has 0 saturated carbocycles. The number of rotatable bonds is 4. The normalized spacial score (nSPS) is 10.9. The number of carboxylic acid groups (broad SMARTS) is 1. The lowest BCUT2D eigenvalue weighted by Crippen LogP contribution is -2.49. The Kier molecular flexibility index (Phi) is 3.96. The third-order valence-electron chi connectivity index (χ3n) is 2.63. The van der Waals surface area contributed by atoms with Crippen LogP contribution in [0.2, 0.25) is 0 Å². The van der Waals surface area contributed by atoms with E-state index in [0.717, 1.165) is 5.56 Å². The Morgan fingerprint density at radius 1 is 1.33 bits per heavy atom. The first-order valence-electron chi connectivity index (χ1n) is 5.48. The molecular formula is C13H17NO4. The maximum absolute atomic E-state index is 11.9. The van der Waals surface area contributed by atoms with Crippen LogP contribution in [0.1, 0.15) is 29.8 Å². The standard InChI is InChI=1S/C13H17NO4/c1-8-5-6-9(7-10(8)18-4)11(15)14-13(2,3)12(16)17/h5-7H,1-4H3,(H,14,15)(H,16,17). The topological polar surface area (TPSA) is 75.6 Å². The monoisotopic (exact) mass is 251 g/mol. The van der Waals surface area contributed by atoms with Crippen LogP contribution < -0.4 is 10.1 Å². The second-order valence-corrected chi connectivity index (χ2v) is 4.57. The van der Waals surface area contributed by atoms with Crippen molar-refractivity contribution in [3.05, 3.63) is 29.3 Å². The minimum absolute atomic E-state index is 0.367. The Hall–Kier alpha value is -2.04. The highest BCUT2D eigenvalue weighted by Gasteiger charge is 2.29. The first-order valence-corrected chi connectivity index (χ1v) is 5.48. The molecule has 0 saturated heterocycles. The summed E-state index contributed by atoms with van der Waals surface area (Å²) in [7, 11) is 1.52. The van der Waals surface area contributed by atoms with Crippen LogP contribution in [0.5, 0.6) is 5.75 Å². The van der Waals surface area contributed by atoms with Crippen LogP contribution in [0, 0.1) is 6.92 Å². The largest absolute Gasteiger partial charge is 0.496 e. The number of aryl methyl sites for hydroxylation is 1. The van der Waals surface area contributed by atoms with Gasteiger partial charge in [-0.3, -0.25) is 4.79 Å². The predicted molar refractivity (Wildman–Crippen MR) is 66.9 cm³/mol. The van der Waals surface area contributed by atoms with E-state index in [9.17, 15) is 9.59 Å². The maximum Gasteiger partial charge on any atom is 0.328 e. The van der Waals surface area contributed by atoms with Crippen LogP contribution in [0.25, 0.3) is 0 Å². The third kappa shape index (κ3) is 3.00. The van der Waals surface area contributed by atoms with Crippen molar-refractivity contribution in [2.24, 2.45) is 0 Å². The number of aliphatic carboxylic acids is 1. The van der Waals surface area contributed by atoms with E-state index in [1.54, 1.807) is 18.2 Å². The molecular weight excluding hydrogens is 234 g/mol. The molecule has 0 aliphatic rings. The number of ether oxygens (including phenoxy) is 1. The van der Waals surface area contributed by atoms with E-state index in [4.69, 9.17) is 9.84 Å². The molecule has 0 spiro atoms. The van der Waals surface area contributed by atoms with E-state index >= 15 is 0 Å². The van der Waals surface area contributed by atoms with Crippen LogP contribution in [-0.4, -0.2) is 29.6 Å². The molecule has 2 N–H and O–H groups in total. The van der Waals surface area contributed by atoms with Crippen LogP contribution >= 0.6 is 0 Å². The number of hydrogen-bond donors (Lipinski definition) is 2. The van der Waals surface area contributed by atoms with Crippen molar-refractivity contribution in [2.75, 3.05) is 7.11 Å². The van der Waals surface area contributed by atoms with Crippen LogP contribution in [0.3, 0.4) is 0 Å². The van der Waals surface area contributed by atoms with Crippen molar-refractivity contribution < 1.29 is 19.4 Å². The molecule has 0 bridgehead atoms. The van der Waals surface area contributed by atoms with Gasteiger partial charge in [-0.2, -0.15) is 0 Å². The Labute approximate surface area is 106 Å². The Morgan fingerprint density at radius 3 is 2.44 bits per heavy atom. The highest BCUT2D eigenvalue weighted by atomic mass is 16.5. The fraction of sp³-hybridized carbons (Fsp3) is 0.385. The second kappa shape index (κ2) is 5.08. The summed E-state index contributed by atoms with van der Waals surface area (Å²) in [5, 5.41) is 11.4. The molecule has 0 unspecified atom stereocenters. The minimum atomic E-state index is -1.31. The van der Waals surface area contributed by atoms with Crippen LogP contribution in [0.15, 0.2) is 18.2 Å². The molecule has 98 valence electrons. The fourth-order valence-corrected chi connectivity index (χ4v) is 1.37. The van der Waals surface area contributed by atoms with Gasteiger partial charge in [0.05, 0.1) is 7.11 Å². The van der Waals surface area contributed by atoms with Gasteiger partial charge in [-0.1, -0.05) is 6.07 Å². The lowest BCUT2D eigenvalue weighted by molar-refractivity contribution is -0.143. The number of carboxylic acids is 1. The van der Waals surface area contributed by atoms with E-state index in [2.05, 4.69) is 5.32 Å². The number of methoxy groups -OCH3 is 1. The molecule has 0 heterocycles. The summed E-state index contributed by atoms with van der Waals surface area (Å²) in [4.78, 5) is 22.8. The Morgan fingerprint density at radius 2 is 1.94 bits per heavy atom. The summed E-state index contributed by atoms with van der Waals surface area (Å²) in [6.07, 6.45) is 0. The first-order chi connectivity index (χ1) is 8.27. The summed E-state index contributed by atoms with van der Waals surface area (Å²) >= 11 is 0. The average molecular weight is 251 g/mol. The molecule has 0 aliphatic carbocycles. The quantitative estimate of drug-likeness (QED) is 0.852. The van der Waals surface area contributed by atoms with Gasteiger partial charge >= 0.3 is 5.97 Å². The lowest BCUT2D eigenvalue weighted by Gasteiger charge is -2.21. The van der Waals surface area contributed by atoms with Gasteiger partial charge in [-0.05, 0) is 38.5 Å². The van der Waals surface area contributed by atoms with Gasteiger partial charge in [0.1, 0.15) is 11.3 Å². The smallest absolute Gasteiger partial charge is 0.328 e. The fourth-order valence-electron chi connectivity index (χ4n) is 1.37. The zero-order chi connectivity index (χ0) is 13.9. The number of hydrogen-bond acceptors (Lipinski definition) is 3. The highest BCUT2D eigenvalue weighted by molar-refractivity contribution is 5.98. The predicted octanol–water partition coefficient (Wildman–Crippen LogP) is 1.60. The van der Waals surface area contributed by atoms with E-state index in [1.165, 1.54) is 21.0 Å². The van der Waals surface area contributed by atoms with Crippen molar-refractivity contribution >= 4 is 11.9 Å². The van der Waals surface area contributed by atoms with Gasteiger partial charge in [-0.25, -0.2) is 4.79 Å². The zero-order valence-electron chi connectivity index (χ0n) is 10.9. The summed E-state index contributed by atoms with van der Waals surface area (Å²) in [6, 6.07) is 4.97. The molecule has 18 heavy (non-hydrogen) atoms. The van der Waals surface area contributed by atoms with Crippen LogP contribution in [0.4, 0.5) is 0 Å². The first kappa shape index (κ1) is 14.0. The number of carbonyl (C=O) groups is 2. The molecule has 0 aromatic heterocycles. The van der Waals surface area contributed by atoms with Gasteiger partial charge in [0, 0.05) is 5.56 Å². The number of carbonyl (C=O) groups excluding carboxylic acids is 1. The second-order valence-electron chi connectivity index (χ2n) is 4.57. The molecule has 0 aliphatic heterocycles. The summed E-state index contributed by atoms with van der Waals surface area (Å²) < 4.78 is 5.12. The molecule has 1 aromatic carbocycles. The summed E-state index contributed by atoms with van der Waals surface area (Å²) in [5.74, 6) is -0.939. The molecule has 0 radical (unpaired) electrons. The highest BCUT2D eigenvalue weighted by Crippen LogP contribution is 2.19. The summed E-state index contributed by atoms with van der Waals surface area (Å²) in [6.45, 7) is 4.72. The Bertz CT molecular complexity index is 480. The van der Waals surface area contributed by atoms with Gasteiger partial charge in [0.15, 0.2) is 0 Å². The van der Waals surface area contributed by atoms with E-state index in [0.29, 0.717) is 11.3 Å². The zero-order valence-corrected chi connectivity index (χ0v) is 10.9. The van der Waals surface area contributed by atoms with Crippen molar-refractivity contribution in [3.63, 3.8) is 0 Å². The molecule has 5 heteroatoms. The van der Waals surface area contributed by atoms with Crippen molar-refractivity contribution in [1.29, 1.82) is 0 Å². The number of amides is 1. The molecule has 5 nitrogen and oxygen atoms in total. The van der Waals surface area contributed by atoms with Crippen molar-refractivity contribution in [2.45, 2.75) is 26.3 Å². The third-order valence-corrected chi connectivity index (χ3v) is 2.63.